The number of phenols is 1. The minimum Gasteiger partial charge on any atom is -0.508 e. The molecule has 148 valence electrons. The highest BCUT2D eigenvalue weighted by Gasteiger charge is 2.16. The minimum atomic E-state index is -0.227. The van der Waals surface area contributed by atoms with E-state index in [0.717, 1.165) is 5.56 Å². The molecule has 8 heteroatoms. The largest absolute Gasteiger partial charge is 0.508 e. The van der Waals surface area contributed by atoms with Crippen molar-refractivity contribution in [1.82, 2.24) is 9.97 Å². The molecule has 1 aliphatic rings. The summed E-state index contributed by atoms with van der Waals surface area (Å²) in [6.07, 6.45) is 0.464. The number of H-pyrrole nitrogens is 1. The van der Waals surface area contributed by atoms with E-state index in [1.54, 1.807) is 19.1 Å². The molecule has 0 unspecified atom stereocenters. The number of carbonyl (C=O) groups excluding carboxylic acids is 1. The van der Waals surface area contributed by atoms with Crippen molar-refractivity contribution in [3.63, 3.8) is 0 Å². The first kappa shape index (κ1) is 19.1. The molecular weight excluding hydrogens is 392 g/mol. The Morgan fingerprint density at radius 2 is 1.93 bits per heavy atom. The van der Waals surface area contributed by atoms with E-state index >= 15 is 0 Å². The third-order valence-corrected chi connectivity index (χ3v) is 5.44. The van der Waals surface area contributed by atoms with Crippen LogP contribution in [0.1, 0.15) is 27.2 Å². The Hall–Kier alpha value is -3.26. The Balaban J connectivity index is 1.50. The molecule has 0 spiro atoms. The third kappa shape index (κ3) is 4.27. The maximum atomic E-state index is 12.3. The normalized spacial score (nSPS) is 12.2. The van der Waals surface area contributed by atoms with Gasteiger partial charge in [0.05, 0.1) is 11.4 Å². The lowest BCUT2D eigenvalue weighted by Crippen LogP contribution is -2.16. The van der Waals surface area contributed by atoms with Crippen LogP contribution in [0.2, 0.25) is 0 Å². The van der Waals surface area contributed by atoms with Gasteiger partial charge in [0.25, 0.3) is 5.56 Å². The van der Waals surface area contributed by atoms with E-state index in [9.17, 15) is 14.7 Å². The molecule has 1 aliphatic heterocycles. The molecule has 2 aromatic carbocycles. The summed E-state index contributed by atoms with van der Waals surface area (Å²) in [5, 5.41) is 9.72. The Kier molecular flexibility index (Phi) is 5.26. The number of aromatic hydroxyl groups is 1. The van der Waals surface area contributed by atoms with Crippen LogP contribution in [-0.2, 0) is 6.42 Å². The lowest BCUT2D eigenvalue weighted by molar-refractivity contribution is 0.102. The highest BCUT2D eigenvalue weighted by atomic mass is 32.2. The SMILES string of the molecule is Cc1c(Cc2ccc3c(c2)OCO3)nc(SCC(=O)c2ccc(O)cc2)[nH]c1=O. The Morgan fingerprint density at radius 1 is 1.17 bits per heavy atom. The molecule has 2 heterocycles. The standard InChI is InChI=1S/C21H18N2O5S/c1-12-16(8-13-2-7-18-19(9-13)28-11-27-18)22-21(23-20(12)26)29-10-17(25)14-3-5-15(24)6-4-14/h2-7,9,24H,8,10-11H2,1H3,(H,22,23,26). The lowest BCUT2D eigenvalue weighted by atomic mass is 10.1. The average molecular weight is 410 g/mol. The number of phenolic OH excluding ortho intramolecular Hbond substituents is 1. The number of ketones is 1. The topological polar surface area (TPSA) is 102 Å². The number of aromatic amines is 1. The van der Waals surface area contributed by atoms with E-state index in [4.69, 9.17) is 9.47 Å². The van der Waals surface area contributed by atoms with Crippen LogP contribution in [0.4, 0.5) is 0 Å². The number of benzene rings is 2. The number of hydrogen-bond donors (Lipinski definition) is 2. The van der Waals surface area contributed by atoms with Crippen LogP contribution in [0.25, 0.3) is 0 Å². The van der Waals surface area contributed by atoms with Gasteiger partial charge in [0.2, 0.25) is 6.79 Å². The van der Waals surface area contributed by atoms with Gasteiger partial charge in [-0.15, -0.1) is 0 Å². The van der Waals surface area contributed by atoms with E-state index < -0.39 is 0 Å². The number of ether oxygens (including phenoxy) is 2. The smallest absolute Gasteiger partial charge is 0.254 e. The number of fused-ring (bicyclic) bond motifs is 1. The quantitative estimate of drug-likeness (QED) is 0.366. The molecule has 0 saturated carbocycles. The molecule has 7 nitrogen and oxygen atoms in total. The van der Waals surface area contributed by atoms with E-state index in [2.05, 4.69) is 9.97 Å². The van der Waals surface area contributed by atoms with E-state index in [-0.39, 0.29) is 29.6 Å². The van der Waals surface area contributed by atoms with Crippen LogP contribution >= 0.6 is 11.8 Å². The fraction of sp³-hybridized carbons (Fsp3) is 0.190. The highest BCUT2D eigenvalue weighted by molar-refractivity contribution is 7.99. The minimum absolute atomic E-state index is 0.104. The number of nitrogens with zero attached hydrogens (tertiary/aromatic N) is 1. The third-order valence-electron chi connectivity index (χ3n) is 4.57. The summed E-state index contributed by atoms with van der Waals surface area (Å²) in [4.78, 5) is 31.9. The number of Topliss-reactive ketones (excluding diaryl/α,β-unsaturated/α-hetero) is 1. The number of rotatable bonds is 6. The van der Waals surface area contributed by atoms with Crippen molar-refractivity contribution >= 4 is 17.5 Å². The van der Waals surface area contributed by atoms with Crippen molar-refractivity contribution in [2.24, 2.45) is 0 Å². The molecule has 2 N–H and O–H groups in total. The van der Waals surface area contributed by atoms with Gasteiger partial charge in [-0.2, -0.15) is 0 Å². The van der Waals surface area contributed by atoms with Crippen LogP contribution < -0.4 is 15.0 Å². The van der Waals surface area contributed by atoms with Crippen LogP contribution in [0, 0.1) is 6.92 Å². The first-order valence-electron chi connectivity index (χ1n) is 8.93. The Labute approximate surface area is 170 Å². The summed E-state index contributed by atoms with van der Waals surface area (Å²) in [6.45, 7) is 1.93. The number of carbonyl (C=O) groups is 1. The van der Waals surface area contributed by atoms with Crippen molar-refractivity contribution in [2.75, 3.05) is 12.5 Å². The molecule has 0 saturated heterocycles. The maximum absolute atomic E-state index is 12.3. The van der Waals surface area contributed by atoms with Crippen LogP contribution in [-0.4, -0.2) is 33.4 Å². The van der Waals surface area contributed by atoms with Gasteiger partial charge in [0.1, 0.15) is 5.75 Å². The van der Waals surface area contributed by atoms with Gasteiger partial charge in [-0.05, 0) is 48.9 Å². The van der Waals surface area contributed by atoms with Gasteiger partial charge in [0.15, 0.2) is 22.4 Å². The first-order valence-corrected chi connectivity index (χ1v) is 9.91. The Bertz CT molecular complexity index is 1120. The van der Waals surface area contributed by atoms with Gasteiger partial charge in [0, 0.05) is 17.5 Å². The monoisotopic (exact) mass is 410 g/mol. The molecule has 0 fully saturated rings. The van der Waals surface area contributed by atoms with Gasteiger partial charge < -0.3 is 19.6 Å². The summed E-state index contributed by atoms with van der Waals surface area (Å²) in [7, 11) is 0. The predicted octanol–water partition coefficient (Wildman–Crippen LogP) is 3.08. The molecule has 0 aliphatic carbocycles. The van der Waals surface area contributed by atoms with Crippen molar-refractivity contribution in [2.45, 2.75) is 18.5 Å². The Morgan fingerprint density at radius 3 is 2.72 bits per heavy atom. The zero-order valence-corrected chi connectivity index (χ0v) is 16.4. The number of aromatic nitrogens is 2. The van der Waals surface area contributed by atoms with Crippen molar-refractivity contribution in [3.8, 4) is 17.2 Å². The maximum Gasteiger partial charge on any atom is 0.254 e. The van der Waals surface area contributed by atoms with E-state index in [1.807, 2.05) is 18.2 Å². The molecule has 0 radical (unpaired) electrons. The van der Waals surface area contributed by atoms with Gasteiger partial charge in [-0.1, -0.05) is 17.8 Å². The molecule has 29 heavy (non-hydrogen) atoms. The van der Waals surface area contributed by atoms with Crippen molar-refractivity contribution in [3.05, 3.63) is 75.2 Å². The molecular formula is C21H18N2O5S. The average Bonchev–Trinajstić information content (AvgIpc) is 3.18. The van der Waals surface area contributed by atoms with Gasteiger partial charge >= 0.3 is 0 Å². The van der Waals surface area contributed by atoms with Gasteiger partial charge in [-0.3, -0.25) is 9.59 Å². The van der Waals surface area contributed by atoms with Crippen LogP contribution in [0.15, 0.2) is 52.4 Å². The van der Waals surface area contributed by atoms with E-state index in [1.165, 1.54) is 23.9 Å². The van der Waals surface area contributed by atoms with Crippen LogP contribution in [0.5, 0.6) is 17.2 Å². The summed E-state index contributed by atoms with van der Waals surface area (Å²) < 4.78 is 10.7. The molecule has 0 amide bonds. The second-order valence-electron chi connectivity index (χ2n) is 6.57. The molecule has 0 atom stereocenters. The van der Waals surface area contributed by atoms with Crippen LogP contribution in [0.3, 0.4) is 0 Å². The van der Waals surface area contributed by atoms with Gasteiger partial charge in [-0.25, -0.2) is 4.98 Å². The number of hydrogen-bond acceptors (Lipinski definition) is 7. The number of thioether (sulfide) groups is 1. The first-order chi connectivity index (χ1) is 14.0. The molecule has 0 bridgehead atoms. The number of nitrogens with one attached hydrogen (secondary N) is 1. The summed E-state index contributed by atoms with van der Waals surface area (Å²) >= 11 is 1.17. The summed E-state index contributed by atoms with van der Waals surface area (Å²) in [6, 6.07) is 11.7. The zero-order chi connectivity index (χ0) is 20.4. The molecule has 4 rings (SSSR count). The fourth-order valence-corrected chi connectivity index (χ4v) is 3.68. The van der Waals surface area contributed by atoms with Crippen molar-refractivity contribution in [1.29, 1.82) is 0 Å². The molecule has 3 aromatic rings. The summed E-state index contributed by atoms with van der Waals surface area (Å²) in [5.41, 5.74) is 2.40. The second-order valence-corrected chi connectivity index (χ2v) is 7.53. The van der Waals surface area contributed by atoms with E-state index in [0.29, 0.717) is 39.9 Å². The lowest BCUT2D eigenvalue weighted by Gasteiger charge is -2.08. The zero-order valence-electron chi connectivity index (χ0n) is 15.6. The second kappa shape index (κ2) is 8.00. The predicted molar refractivity (Wildman–Crippen MR) is 108 cm³/mol. The van der Waals surface area contributed by atoms with Crippen molar-refractivity contribution < 1.29 is 19.4 Å². The molecule has 1 aromatic heterocycles. The highest BCUT2D eigenvalue weighted by Crippen LogP contribution is 2.33. The summed E-state index contributed by atoms with van der Waals surface area (Å²) in [5.74, 6) is 1.50. The fourth-order valence-electron chi connectivity index (χ4n) is 2.91.